The molecule has 0 fully saturated rings. The highest BCUT2D eigenvalue weighted by atomic mass is 35.5. The first-order valence-corrected chi connectivity index (χ1v) is 16.5. The van der Waals surface area contributed by atoms with E-state index in [2.05, 4.69) is 52.4 Å². The number of hydrogen-bond donors (Lipinski definition) is 0. The van der Waals surface area contributed by atoms with Gasteiger partial charge in [0, 0.05) is 0 Å². The largest absolute Gasteiger partial charge is 0.442 e. The normalized spacial score (nSPS) is 13.4. The van der Waals surface area contributed by atoms with Gasteiger partial charge in [-0.3, -0.25) is 0 Å². The Balaban J connectivity index is -0.000000980. The molecule has 108 valence electrons. The van der Waals surface area contributed by atoms with Crippen molar-refractivity contribution < 1.29 is 12.3 Å². The molecule has 0 aromatic rings. The zero-order chi connectivity index (χ0) is 12.3. The lowest BCUT2D eigenvalue weighted by atomic mass is 11.8. The van der Waals surface area contributed by atoms with E-state index in [1.807, 2.05) is 0 Å². The van der Waals surface area contributed by atoms with Gasteiger partial charge in [-0.1, -0.05) is 6.55 Å². The van der Waals surface area contributed by atoms with Gasteiger partial charge in [0.2, 0.25) is 0 Å². The van der Waals surface area contributed by atoms with E-state index in [0.29, 0.717) is 0 Å². The smallest absolute Gasteiger partial charge is 0.312 e. The Morgan fingerprint density at radius 2 is 1.12 bits per heavy atom. The third kappa shape index (κ3) is 13.6. The summed E-state index contributed by atoms with van der Waals surface area (Å²) >= 11 is 0. The first kappa shape index (κ1) is 23.4. The average Bonchev–Trinajstić information content (AvgIpc) is 1.74. The minimum Gasteiger partial charge on any atom is -0.442 e. The second-order valence-corrected chi connectivity index (χ2v) is 18.7. The molecule has 17 heavy (non-hydrogen) atoms. The van der Waals surface area contributed by atoms with Crippen molar-refractivity contribution in [3.05, 3.63) is 0 Å². The molecular formula is C8H28Cl2O3Si4. The van der Waals surface area contributed by atoms with Crippen LogP contribution in [0.4, 0.5) is 0 Å². The number of halogens is 2. The molecule has 0 N–H and O–H groups in total. The minimum absolute atomic E-state index is 0. The fraction of sp³-hybridized carbons (Fsp3) is 1.00. The quantitative estimate of drug-likeness (QED) is 0.685. The summed E-state index contributed by atoms with van der Waals surface area (Å²) in [6.07, 6.45) is 0. The van der Waals surface area contributed by atoms with Crippen molar-refractivity contribution in [3.63, 3.8) is 0 Å². The van der Waals surface area contributed by atoms with Crippen molar-refractivity contribution in [1.29, 1.82) is 0 Å². The van der Waals surface area contributed by atoms with Crippen molar-refractivity contribution in [2.24, 2.45) is 0 Å². The summed E-state index contributed by atoms with van der Waals surface area (Å²) < 4.78 is 18.1. The van der Waals surface area contributed by atoms with Crippen LogP contribution >= 0.6 is 24.8 Å². The Morgan fingerprint density at radius 3 is 1.41 bits per heavy atom. The summed E-state index contributed by atoms with van der Waals surface area (Å²) in [6.45, 7) is 17.2. The molecule has 0 rings (SSSR count). The molecule has 0 aliphatic rings. The Kier molecular flexibility index (Phi) is 11.7. The summed E-state index contributed by atoms with van der Waals surface area (Å²) in [7, 11) is -5.80. The molecule has 0 aromatic heterocycles. The third-order valence-electron chi connectivity index (χ3n) is 1.54. The average molecular weight is 356 g/mol. The fourth-order valence-corrected chi connectivity index (χ4v) is 16.5. The molecule has 0 aliphatic heterocycles. The predicted octanol–water partition coefficient (Wildman–Crippen LogP) is 3.25. The maximum absolute atomic E-state index is 6.14. The molecule has 3 nitrogen and oxygen atoms in total. The van der Waals surface area contributed by atoms with Crippen LogP contribution in [-0.4, -0.2) is 35.2 Å². The lowest BCUT2D eigenvalue weighted by Gasteiger charge is -2.36. The van der Waals surface area contributed by atoms with Crippen molar-refractivity contribution in [2.45, 2.75) is 52.4 Å². The Bertz CT molecular complexity index is 209. The molecule has 0 aliphatic carbocycles. The second-order valence-electron chi connectivity index (χ2n) is 5.55. The maximum atomic E-state index is 6.14. The first-order valence-electron chi connectivity index (χ1n) is 5.52. The molecule has 0 amide bonds. The number of rotatable bonds is 6. The van der Waals surface area contributed by atoms with E-state index in [1.165, 1.54) is 0 Å². The van der Waals surface area contributed by atoms with Crippen LogP contribution in [0.15, 0.2) is 0 Å². The molecular weight excluding hydrogens is 327 g/mol. The molecule has 0 aromatic carbocycles. The van der Waals surface area contributed by atoms with Crippen molar-refractivity contribution in [3.8, 4) is 0 Å². The van der Waals surface area contributed by atoms with Gasteiger partial charge in [0.1, 0.15) is 9.76 Å². The van der Waals surface area contributed by atoms with Crippen molar-refractivity contribution >= 4 is 60.0 Å². The predicted molar refractivity (Wildman–Crippen MR) is 90.5 cm³/mol. The van der Waals surface area contributed by atoms with E-state index in [-0.39, 0.29) is 34.6 Å². The van der Waals surface area contributed by atoms with Gasteiger partial charge in [0.15, 0.2) is 8.32 Å². The molecule has 0 saturated carbocycles. The van der Waals surface area contributed by atoms with E-state index in [9.17, 15) is 0 Å². The molecule has 0 atom stereocenters. The van der Waals surface area contributed by atoms with Crippen LogP contribution in [0.3, 0.4) is 0 Å². The molecule has 9 heteroatoms. The van der Waals surface area contributed by atoms with Gasteiger partial charge >= 0.3 is 17.1 Å². The van der Waals surface area contributed by atoms with Crippen LogP contribution in [0.2, 0.25) is 52.4 Å². The van der Waals surface area contributed by atoms with Crippen LogP contribution < -0.4 is 0 Å². The summed E-state index contributed by atoms with van der Waals surface area (Å²) in [6, 6.07) is 0. The maximum Gasteiger partial charge on any atom is 0.312 e. The van der Waals surface area contributed by atoms with Crippen LogP contribution in [-0.2, 0) is 12.3 Å². The third-order valence-corrected chi connectivity index (χ3v) is 13.8. The molecule has 0 unspecified atom stereocenters. The van der Waals surface area contributed by atoms with E-state index in [4.69, 9.17) is 12.3 Å². The van der Waals surface area contributed by atoms with Crippen molar-refractivity contribution in [2.75, 3.05) is 0 Å². The lowest BCUT2D eigenvalue weighted by molar-refractivity contribution is 0.339. The van der Waals surface area contributed by atoms with Gasteiger partial charge < -0.3 is 12.3 Å². The SMILES string of the molecule is C[SiH2]O[Si](C)(C)O[Si](C)(C)O[Si](C)(C)C.Cl.Cl. The van der Waals surface area contributed by atoms with Crippen LogP contribution in [0.25, 0.3) is 0 Å². The van der Waals surface area contributed by atoms with E-state index in [1.54, 1.807) is 0 Å². The van der Waals surface area contributed by atoms with Gasteiger partial charge in [0.25, 0.3) is 0 Å². The fourth-order valence-electron chi connectivity index (χ4n) is 1.73. The van der Waals surface area contributed by atoms with Gasteiger partial charge in [-0.25, -0.2) is 0 Å². The molecule has 0 radical (unpaired) electrons. The highest BCUT2D eigenvalue weighted by molar-refractivity contribution is 6.86. The molecule has 0 spiro atoms. The Hall–Kier alpha value is 1.33. The van der Waals surface area contributed by atoms with Gasteiger partial charge in [-0.2, -0.15) is 0 Å². The Morgan fingerprint density at radius 1 is 0.706 bits per heavy atom. The monoisotopic (exact) mass is 354 g/mol. The van der Waals surface area contributed by atoms with Crippen LogP contribution in [0.1, 0.15) is 0 Å². The topological polar surface area (TPSA) is 27.7 Å². The molecule has 0 bridgehead atoms. The second kappa shape index (κ2) is 8.49. The first-order chi connectivity index (χ1) is 6.47. The van der Waals surface area contributed by atoms with E-state index >= 15 is 0 Å². The summed E-state index contributed by atoms with van der Waals surface area (Å²) in [5.41, 5.74) is 0. The van der Waals surface area contributed by atoms with Crippen LogP contribution in [0.5, 0.6) is 0 Å². The number of hydrogen-bond acceptors (Lipinski definition) is 3. The summed E-state index contributed by atoms with van der Waals surface area (Å²) in [5, 5.41) is 0. The van der Waals surface area contributed by atoms with Gasteiger partial charge in [-0.15, -0.1) is 24.8 Å². The summed E-state index contributed by atoms with van der Waals surface area (Å²) in [4.78, 5) is 0. The van der Waals surface area contributed by atoms with Crippen LogP contribution in [0, 0.1) is 0 Å². The van der Waals surface area contributed by atoms with Gasteiger partial charge in [-0.05, 0) is 45.8 Å². The summed E-state index contributed by atoms with van der Waals surface area (Å²) in [5.74, 6) is 0. The minimum atomic E-state index is -1.99. The van der Waals surface area contributed by atoms with E-state index < -0.39 is 25.4 Å². The van der Waals surface area contributed by atoms with E-state index in [0.717, 1.165) is 0 Å². The van der Waals surface area contributed by atoms with Gasteiger partial charge in [0.05, 0.1) is 0 Å². The highest BCUT2D eigenvalue weighted by Gasteiger charge is 2.38. The molecule has 0 saturated heterocycles. The highest BCUT2D eigenvalue weighted by Crippen LogP contribution is 2.20. The standard InChI is InChI=1S/C8H26O3Si4.2ClH/c1-12-9-14(5,6)11-15(7,8)10-13(2,3)4;;/h12H2,1-8H3;2*1H. The van der Waals surface area contributed by atoms with Crippen molar-refractivity contribution in [1.82, 2.24) is 0 Å². The zero-order valence-electron chi connectivity index (χ0n) is 12.2. The lowest BCUT2D eigenvalue weighted by Crippen LogP contribution is -2.52. The Labute approximate surface area is 124 Å². The zero-order valence-corrected chi connectivity index (χ0v) is 18.3. The molecule has 0 heterocycles.